The Morgan fingerprint density at radius 2 is 1.60 bits per heavy atom. The van der Waals surface area contributed by atoms with Crippen LogP contribution in [0.3, 0.4) is 0 Å². The fourth-order valence-electron chi connectivity index (χ4n) is 2.35. The van der Waals surface area contributed by atoms with Gasteiger partial charge in [0.2, 0.25) is 5.75 Å². The van der Waals surface area contributed by atoms with Gasteiger partial charge < -0.3 is 19.5 Å². The number of hydrogen-bond acceptors (Lipinski definition) is 5. The Balaban J connectivity index is 2.36. The van der Waals surface area contributed by atoms with Gasteiger partial charge in [-0.1, -0.05) is 0 Å². The van der Waals surface area contributed by atoms with Gasteiger partial charge in [-0.2, -0.15) is 0 Å². The molecule has 0 spiro atoms. The third-order valence-electron chi connectivity index (χ3n) is 3.33. The number of carbonyl (C=O) groups is 1. The Kier molecular flexibility index (Phi) is 6.62. The van der Waals surface area contributed by atoms with E-state index in [2.05, 4.69) is 10.3 Å². The van der Waals surface area contributed by atoms with Gasteiger partial charge in [0.15, 0.2) is 11.5 Å². The first-order valence-corrected chi connectivity index (χ1v) is 8.39. The number of aryl methyl sites for hydroxylation is 1. The zero-order chi connectivity index (χ0) is 18.2. The lowest BCUT2D eigenvalue weighted by molar-refractivity contribution is 0.102. The van der Waals surface area contributed by atoms with Gasteiger partial charge >= 0.3 is 0 Å². The number of benzene rings is 1. The van der Waals surface area contributed by atoms with E-state index in [4.69, 9.17) is 14.2 Å². The van der Waals surface area contributed by atoms with Crippen molar-refractivity contribution in [3.8, 4) is 17.2 Å². The molecule has 0 aliphatic heterocycles. The summed E-state index contributed by atoms with van der Waals surface area (Å²) < 4.78 is 16.9. The van der Waals surface area contributed by atoms with Gasteiger partial charge in [-0.05, 0) is 52.0 Å². The number of carbonyl (C=O) groups excluding carboxylic acids is 1. The normalized spacial score (nSPS) is 10.2. The van der Waals surface area contributed by atoms with Gasteiger partial charge in [-0.25, -0.2) is 0 Å². The van der Waals surface area contributed by atoms with Crippen molar-refractivity contribution in [1.82, 2.24) is 4.98 Å². The molecule has 1 aromatic heterocycles. The first-order chi connectivity index (χ1) is 12.1. The van der Waals surface area contributed by atoms with Crippen LogP contribution in [0.5, 0.6) is 17.2 Å². The molecule has 0 radical (unpaired) electrons. The van der Waals surface area contributed by atoms with Gasteiger partial charge in [0.1, 0.15) is 0 Å². The number of ether oxygens (including phenoxy) is 3. The molecule has 0 fully saturated rings. The molecular weight excluding hydrogens is 320 g/mol. The minimum absolute atomic E-state index is 0.254. The van der Waals surface area contributed by atoms with Crippen LogP contribution in [0.25, 0.3) is 0 Å². The molecule has 1 amide bonds. The van der Waals surface area contributed by atoms with Crippen LogP contribution < -0.4 is 19.5 Å². The topological polar surface area (TPSA) is 69.7 Å². The predicted molar refractivity (Wildman–Crippen MR) is 96.9 cm³/mol. The Morgan fingerprint density at radius 3 is 2.12 bits per heavy atom. The van der Waals surface area contributed by atoms with E-state index in [9.17, 15) is 4.79 Å². The molecule has 0 atom stereocenters. The van der Waals surface area contributed by atoms with Gasteiger partial charge in [-0.15, -0.1) is 0 Å². The third kappa shape index (κ3) is 4.86. The maximum atomic E-state index is 12.6. The van der Waals surface area contributed by atoms with Crippen molar-refractivity contribution in [3.05, 3.63) is 41.7 Å². The van der Waals surface area contributed by atoms with Crippen molar-refractivity contribution < 1.29 is 19.0 Å². The van der Waals surface area contributed by atoms with Crippen LogP contribution in [0.4, 0.5) is 5.69 Å². The number of aromatic nitrogens is 1. The van der Waals surface area contributed by atoms with Crippen LogP contribution in [-0.2, 0) is 0 Å². The summed E-state index contributed by atoms with van der Waals surface area (Å²) in [5.74, 6) is 1.25. The average Bonchev–Trinajstić information content (AvgIpc) is 2.58. The van der Waals surface area contributed by atoms with Crippen molar-refractivity contribution in [2.24, 2.45) is 0 Å². The standard InChI is InChI=1S/C19H24N2O4/c1-5-23-16-11-14(12-17(24-6-2)18(16)25-7-3)19(22)21-15-8-9-20-13(4)10-15/h8-12H,5-7H2,1-4H3,(H,20,21,22). The summed E-state index contributed by atoms with van der Waals surface area (Å²) in [5, 5.41) is 2.86. The molecule has 1 heterocycles. The van der Waals surface area contributed by atoms with E-state index in [0.29, 0.717) is 48.3 Å². The van der Waals surface area contributed by atoms with E-state index in [1.54, 1.807) is 30.5 Å². The monoisotopic (exact) mass is 344 g/mol. The second-order valence-electron chi connectivity index (χ2n) is 5.24. The largest absolute Gasteiger partial charge is 0.490 e. The van der Waals surface area contributed by atoms with Crippen LogP contribution >= 0.6 is 0 Å². The molecular formula is C19H24N2O4. The number of hydrogen-bond donors (Lipinski definition) is 1. The molecule has 6 heteroatoms. The molecule has 0 saturated carbocycles. The van der Waals surface area contributed by atoms with Crippen molar-refractivity contribution in [3.63, 3.8) is 0 Å². The van der Waals surface area contributed by atoms with E-state index in [1.165, 1.54) is 0 Å². The average molecular weight is 344 g/mol. The smallest absolute Gasteiger partial charge is 0.255 e. The van der Waals surface area contributed by atoms with E-state index >= 15 is 0 Å². The summed E-state index contributed by atoms with van der Waals surface area (Å²) in [6, 6.07) is 6.88. The first kappa shape index (κ1) is 18.6. The molecule has 6 nitrogen and oxygen atoms in total. The number of amides is 1. The van der Waals surface area contributed by atoms with Gasteiger partial charge in [-0.3, -0.25) is 9.78 Å². The van der Waals surface area contributed by atoms with E-state index < -0.39 is 0 Å². The number of nitrogens with one attached hydrogen (secondary N) is 1. The molecule has 25 heavy (non-hydrogen) atoms. The van der Waals surface area contributed by atoms with Gasteiger partial charge in [0, 0.05) is 23.1 Å². The summed E-state index contributed by atoms with van der Waals surface area (Å²) in [4.78, 5) is 16.7. The molecule has 2 rings (SSSR count). The van der Waals surface area contributed by atoms with E-state index in [1.807, 2.05) is 27.7 Å². The van der Waals surface area contributed by atoms with Crippen LogP contribution in [0.1, 0.15) is 36.8 Å². The number of nitrogens with zero attached hydrogens (tertiary/aromatic N) is 1. The first-order valence-electron chi connectivity index (χ1n) is 8.39. The van der Waals surface area contributed by atoms with E-state index in [-0.39, 0.29) is 5.91 Å². The van der Waals surface area contributed by atoms with Crippen LogP contribution in [-0.4, -0.2) is 30.7 Å². The SMILES string of the molecule is CCOc1cc(C(=O)Nc2ccnc(C)c2)cc(OCC)c1OCC. The summed E-state index contributed by atoms with van der Waals surface area (Å²) in [7, 11) is 0. The molecule has 0 aliphatic carbocycles. The van der Waals surface area contributed by atoms with Gasteiger partial charge in [0.05, 0.1) is 19.8 Å². The van der Waals surface area contributed by atoms with Crippen molar-refractivity contribution in [2.75, 3.05) is 25.1 Å². The van der Waals surface area contributed by atoms with Crippen LogP contribution in [0.2, 0.25) is 0 Å². The summed E-state index contributed by atoms with van der Waals surface area (Å²) >= 11 is 0. The highest BCUT2D eigenvalue weighted by Crippen LogP contribution is 2.39. The highest BCUT2D eigenvalue weighted by Gasteiger charge is 2.18. The molecule has 0 aliphatic rings. The molecule has 1 N–H and O–H groups in total. The molecule has 1 aromatic carbocycles. The lowest BCUT2D eigenvalue weighted by Gasteiger charge is -2.17. The van der Waals surface area contributed by atoms with Gasteiger partial charge in [0.25, 0.3) is 5.91 Å². The molecule has 0 bridgehead atoms. The minimum atomic E-state index is -0.254. The van der Waals surface area contributed by atoms with Crippen molar-refractivity contribution in [1.29, 1.82) is 0 Å². The van der Waals surface area contributed by atoms with Crippen molar-refractivity contribution in [2.45, 2.75) is 27.7 Å². The van der Waals surface area contributed by atoms with E-state index in [0.717, 1.165) is 5.69 Å². The number of pyridine rings is 1. The highest BCUT2D eigenvalue weighted by molar-refractivity contribution is 6.05. The quantitative estimate of drug-likeness (QED) is 0.788. The predicted octanol–water partition coefficient (Wildman–Crippen LogP) is 3.84. The highest BCUT2D eigenvalue weighted by atomic mass is 16.5. The summed E-state index contributed by atoms with van der Waals surface area (Å²) in [5.41, 5.74) is 1.95. The molecule has 0 unspecified atom stereocenters. The zero-order valence-electron chi connectivity index (χ0n) is 15.1. The van der Waals surface area contributed by atoms with Crippen LogP contribution in [0, 0.1) is 6.92 Å². The Hall–Kier alpha value is -2.76. The van der Waals surface area contributed by atoms with Crippen LogP contribution in [0.15, 0.2) is 30.5 Å². The fourth-order valence-corrected chi connectivity index (χ4v) is 2.35. The number of rotatable bonds is 8. The van der Waals surface area contributed by atoms with Crippen molar-refractivity contribution >= 4 is 11.6 Å². The fraction of sp³-hybridized carbons (Fsp3) is 0.368. The lowest BCUT2D eigenvalue weighted by Crippen LogP contribution is -2.13. The lowest BCUT2D eigenvalue weighted by atomic mass is 10.1. The Bertz CT molecular complexity index is 704. The summed E-state index contributed by atoms with van der Waals surface area (Å²) in [6.45, 7) is 8.90. The number of anilines is 1. The second kappa shape index (κ2) is 8.92. The Morgan fingerprint density at radius 1 is 1.00 bits per heavy atom. The molecule has 2 aromatic rings. The maximum absolute atomic E-state index is 12.6. The molecule has 0 saturated heterocycles. The Labute approximate surface area is 148 Å². The second-order valence-corrected chi connectivity index (χ2v) is 5.24. The molecule has 134 valence electrons. The maximum Gasteiger partial charge on any atom is 0.255 e. The zero-order valence-corrected chi connectivity index (χ0v) is 15.1. The summed E-state index contributed by atoms with van der Waals surface area (Å²) in [6.07, 6.45) is 1.65. The minimum Gasteiger partial charge on any atom is -0.490 e. The third-order valence-corrected chi connectivity index (χ3v) is 3.33.